The minimum absolute atomic E-state index is 0.442. The first-order valence-corrected chi connectivity index (χ1v) is 8.52. The van der Waals surface area contributed by atoms with Crippen LogP contribution >= 0.6 is 0 Å². The molecule has 0 aliphatic rings. The first kappa shape index (κ1) is 19.6. The van der Waals surface area contributed by atoms with Crippen molar-refractivity contribution >= 4 is 5.97 Å². The molecule has 0 saturated heterocycles. The summed E-state index contributed by atoms with van der Waals surface area (Å²) < 4.78 is 38.5. The highest BCUT2D eigenvalue weighted by atomic mass is 19.4. The number of alkyl halides is 3. The Balaban J connectivity index is 2.14. The summed E-state index contributed by atoms with van der Waals surface area (Å²) in [7, 11) is 0. The third-order valence-electron chi connectivity index (χ3n) is 4.56. The third kappa shape index (κ3) is 3.92. The monoisotopic (exact) mass is 386 g/mol. The largest absolute Gasteiger partial charge is 0.481 e. The second-order valence-electron chi connectivity index (χ2n) is 6.28. The molecule has 0 bridgehead atoms. The number of aliphatic hydroxyl groups is 1. The van der Waals surface area contributed by atoms with Crippen LogP contribution in [-0.2, 0) is 11.0 Å². The zero-order valence-electron chi connectivity index (χ0n) is 14.6. The fraction of sp³-hybridized carbons (Fsp3) is 0.136. The van der Waals surface area contributed by atoms with Gasteiger partial charge in [0.25, 0.3) is 0 Å². The van der Waals surface area contributed by atoms with Gasteiger partial charge in [-0.25, -0.2) is 0 Å². The van der Waals surface area contributed by atoms with E-state index in [1.54, 1.807) is 48.5 Å². The van der Waals surface area contributed by atoms with Crippen LogP contribution in [0.4, 0.5) is 13.2 Å². The molecule has 0 fully saturated rings. The number of rotatable bonds is 5. The van der Waals surface area contributed by atoms with Gasteiger partial charge in [0.2, 0.25) is 0 Å². The first-order valence-electron chi connectivity index (χ1n) is 8.52. The van der Waals surface area contributed by atoms with Gasteiger partial charge < -0.3 is 10.2 Å². The molecular formula is C22H17F3O3. The summed E-state index contributed by atoms with van der Waals surface area (Å²) in [5, 5.41) is 19.0. The third-order valence-corrected chi connectivity index (χ3v) is 4.56. The van der Waals surface area contributed by atoms with Crippen LogP contribution < -0.4 is 0 Å². The molecule has 0 aromatic heterocycles. The van der Waals surface area contributed by atoms with Crippen LogP contribution in [-0.4, -0.2) is 22.8 Å². The topological polar surface area (TPSA) is 57.5 Å². The van der Waals surface area contributed by atoms with E-state index >= 15 is 0 Å². The molecule has 144 valence electrons. The molecule has 3 rings (SSSR count). The Hall–Kier alpha value is -3.12. The van der Waals surface area contributed by atoms with Crippen molar-refractivity contribution in [3.63, 3.8) is 0 Å². The van der Waals surface area contributed by atoms with Gasteiger partial charge in [-0.05, 0) is 39.9 Å². The van der Waals surface area contributed by atoms with Crippen molar-refractivity contribution in [2.75, 3.05) is 6.61 Å². The molecule has 28 heavy (non-hydrogen) atoms. The predicted octanol–water partition coefficient (Wildman–Crippen LogP) is 5.20. The summed E-state index contributed by atoms with van der Waals surface area (Å²) in [5.41, 5.74) is 2.24. The van der Waals surface area contributed by atoms with E-state index in [1.165, 1.54) is 12.1 Å². The molecule has 3 aromatic rings. The number of hydrogen-bond acceptors (Lipinski definition) is 2. The number of aliphatic carboxylic acids is 1. The van der Waals surface area contributed by atoms with Gasteiger partial charge in [-0.15, -0.1) is 0 Å². The molecule has 6 heteroatoms. The van der Waals surface area contributed by atoms with E-state index in [0.29, 0.717) is 27.8 Å². The van der Waals surface area contributed by atoms with Gasteiger partial charge in [-0.1, -0.05) is 60.7 Å². The molecule has 2 N–H and O–H groups in total. The van der Waals surface area contributed by atoms with E-state index in [1.807, 2.05) is 0 Å². The van der Waals surface area contributed by atoms with Crippen molar-refractivity contribution in [3.8, 4) is 22.3 Å². The van der Waals surface area contributed by atoms with Crippen LogP contribution in [0, 0.1) is 0 Å². The van der Waals surface area contributed by atoms with Crippen molar-refractivity contribution < 1.29 is 28.2 Å². The van der Waals surface area contributed by atoms with Gasteiger partial charge in [-0.3, -0.25) is 4.79 Å². The van der Waals surface area contributed by atoms with Gasteiger partial charge in [0.1, 0.15) is 5.92 Å². The average molecular weight is 386 g/mol. The molecule has 0 amide bonds. The quantitative estimate of drug-likeness (QED) is 0.634. The van der Waals surface area contributed by atoms with Gasteiger partial charge in [0.15, 0.2) is 0 Å². The van der Waals surface area contributed by atoms with Crippen LogP contribution in [0.15, 0.2) is 72.8 Å². The zero-order valence-corrected chi connectivity index (χ0v) is 14.6. The van der Waals surface area contributed by atoms with Crippen LogP contribution in [0.1, 0.15) is 17.0 Å². The van der Waals surface area contributed by atoms with Gasteiger partial charge >= 0.3 is 12.1 Å². The minimum Gasteiger partial charge on any atom is -0.481 e. The number of carbonyl (C=O) groups is 1. The van der Waals surface area contributed by atoms with E-state index in [9.17, 15) is 28.2 Å². The van der Waals surface area contributed by atoms with Crippen molar-refractivity contribution in [2.24, 2.45) is 0 Å². The Bertz CT molecular complexity index is 979. The summed E-state index contributed by atoms with van der Waals surface area (Å²) >= 11 is 0. The molecule has 0 radical (unpaired) electrons. The Labute approximate surface area is 159 Å². The van der Waals surface area contributed by atoms with Crippen LogP contribution in [0.2, 0.25) is 0 Å². The van der Waals surface area contributed by atoms with Crippen LogP contribution in [0.25, 0.3) is 22.3 Å². The van der Waals surface area contributed by atoms with Crippen LogP contribution in [0.5, 0.6) is 0 Å². The van der Waals surface area contributed by atoms with E-state index < -0.39 is 30.2 Å². The molecule has 0 spiro atoms. The second kappa shape index (κ2) is 7.86. The number of carboxylic acid groups (broad SMARTS) is 1. The number of benzene rings is 3. The smallest absolute Gasteiger partial charge is 0.416 e. The highest BCUT2D eigenvalue weighted by Crippen LogP contribution is 2.37. The number of carboxylic acids is 1. The highest BCUT2D eigenvalue weighted by Gasteiger charge is 2.30. The standard InChI is InChI=1S/C22H17F3O3/c23-22(24,25)15-11-9-14(10-12-15)16-5-1-2-6-17(16)18-7-3-4-8-19(18)20(13-26)21(27)28/h1-12,20,26H,13H2,(H,27,28). The lowest BCUT2D eigenvalue weighted by Gasteiger charge is -2.18. The molecular weight excluding hydrogens is 369 g/mol. The SMILES string of the molecule is O=C(O)C(CO)c1ccccc1-c1ccccc1-c1ccc(C(F)(F)F)cc1. The van der Waals surface area contributed by atoms with Crippen molar-refractivity contribution in [1.82, 2.24) is 0 Å². The lowest BCUT2D eigenvalue weighted by atomic mass is 9.87. The van der Waals surface area contributed by atoms with E-state index in [4.69, 9.17) is 0 Å². The van der Waals surface area contributed by atoms with Gasteiger partial charge in [0.05, 0.1) is 12.2 Å². The lowest BCUT2D eigenvalue weighted by molar-refractivity contribution is -0.140. The molecule has 0 aliphatic carbocycles. The number of hydrogen-bond donors (Lipinski definition) is 2. The fourth-order valence-electron chi connectivity index (χ4n) is 3.16. The summed E-state index contributed by atoms with van der Waals surface area (Å²) in [6.45, 7) is -0.561. The maximum Gasteiger partial charge on any atom is 0.416 e. The van der Waals surface area contributed by atoms with Crippen LogP contribution in [0.3, 0.4) is 0 Å². The fourth-order valence-corrected chi connectivity index (χ4v) is 3.16. The lowest BCUT2D eigenvalue weighted by Crippen LogP contribution is -2.16. The number of aliphatic hydroxyl groups excluding tert-OH is 1. The normalized spacial score (nSPS) is 12.6. The maximum absolute atomic E-state index is 12.8. The Morgan fingerprint density at radius 3 is 1.89 bits per heavy atom. The second-order valence-corrected chi connectivity index (χ2v) is 6.28. The van der Waals surface area contributed by atoms with E-state index in [2.05, 4.69) is 0 Å². The Morgan fingerprint density at radius 2 is 1.36 bits per heavy atom. The predicted molar refractivity (Wildman–Crippen MR) is 99.8 cm³/mol. The van der Waals surface area contributed by atoms with Gasteiger partial charge in [0, 0.05) is 0 Å². The molecule has 3 nitrogen and oxygen atoms in total. The van der Waals surface area contributed by atoms with E-state index in [0.717, 1.165) is 12.1 Å². The first-order chi connectivity index (χ1) is 13.3. The molecule has 1 atom stereocenters. The average Bonchev–Trinajstić information content (AvgIpc) is 2.68. The Kier molecular flexibility index (Phi) is 5.51. The Morgan fingerprint density at radius 1 is 0.821 bits per heavy atom. The molecule has 0 saturated carbocycles. The van der Waals surface area contributed by atoms with Gasteiger partial charge in [-0.2, -0.15) is 13.2 Å². The van der Waals surface area contributed by atoms with E-state index in [-0.39, 0.29) is 0 Å². The molecule has 0 heterocycles. The maximum atomic E-state index is 12.8. The van der Waals surface area contributed by atoms with Crippen molar-refractivity contribution in [1.29, 1.82) is 0 Å². The summed E-state index contributed by atoms with van der Waals surface area (Å²) in [5.74, 6) is -2.25. The molecule has 3 aromatic carbocycles. The summed E-state index contributed by atoms with van der Waals surface area (Å²) in [4.78, 5) is 11.5. The summed E-state index contributed by atoms with van der Waals surface area (Å²) in [6.07, 6.45) is -4.42. The molecule has 0 aliphatic heterocycles. The summed E-state index contributed by atoms with van der Waals surface area (Å²) in [6, 6.07) is 18.7. The highest BCUT2D eigenvalue weighted by molar-refractivity contribution is 5.88. The number of halogens is 3. The minimum atomic E-state index is -4.42. The molecule has 1 unspecified atom stereocenters. The zero-order chi connectivity index (χ0) is 20.3. The van der Waals surface area contributed by atoms with Crippen molar-refractivity contribution in [2.45, 2.75) is 12.1 Å². The van der Waals surface area contributed by atoms with Crippen molar-refractivity contribution in [3.05, 3.63) is 83.9 Å².